The van der Waals surface area contributed by atoms with Gasteiger partial charge in [0.25, 0.3) is 0 Å². The summed E-state index contributed by atoms with van der Waals surface area (Å²) in [6.45, 7) is 4.82. The van der Waals surface area contributed by atoms with Gasteiger partial charge in [-0.05, 0) is 36.1 Å². The first kappa shape index (κ1) is 12.2. The van der Waals surface area contributed by atoms with Crippen LogP contribution in [0.2, 0.25) is 0 Å². The third-order valence-corrected chi connectivity index (χ3v) is 5.21. The van der Waals surface area contributed by atoms with Gasteiger partial charge in [0.05, 0.1) is 0 Å². The molecule has 0 amide bonds. The van der Waals surface area contributed by atoms with Crippen LogP contribution in [0.3, 0.4) is 0 Å². The van der Waals surface area contributed by atoms with Gasteiger partial charge in [-0.1, -0.05) is 61.5 Å². The molecule has 2 atom stereocenters. The lowest BCUT2D eigenvalue weighted by Gasteiger charge is -2.44. The van der Waals surface area contributed by atoms with E-state index in [1.54, 1.807) is 5.56 Å². The summed E-state index contributed by atoms with van der Waals surface area (Å²) in [5, 5.41) is 0. The first-order chi connectivity index (χ1) is 9.79. The maximum Gasteiger partial charge on any atom is 0.0352 e. The van der Waals surface area contributed by atoms with Crippen LogP contribution >= 0.6 is 0 Å². The van der Waals surface area contributed by atoms with Crippen LogP contribution in [0.5, 0.6) is 0 Å². The van der Waals surface area contributed by atoms with E-state index in [2.05, 4.69) is 66.4 Å². The number of nitrogens with zero attached hydrogens (tertiary/aromatic N) is 1. The molecule has 2 aliphatic rings. The molecule has 2 heterocycles. The molecule has 2 unspecified atom stereocenters. The van der Waals surface area contributed by atoms with Gasteiger partial charge in [0, 0.05) is 18.0 Å². The maximum atomic E-state index is 2.69. The molecule has 2 aromatic rings. The Morgan fingerprint density at radius 3 is 2.60 bits per heavy atom. The minimum Gasteiger partial charge on any atom is -0.295 e. The molecular formula is C19H21N. The second-order valence-corrected chi connectivity index (χ2v) is 6.41. The summed E-state index contributed by atoms with van der Waals surface area (Å²) >= 11 is 0. The maximum absolute atomic E-state index is 2.69. The molecule has 1 fully saturated rings. The summed E-state index contributed by atoms with van der Waals surface area (Å²) in [7, 11) is 0. The number of hydrogen-bond acceptors (Lipinski definition) is 1. The van der Waals surface area contributed by atoms with Crippen molar-refractivity contribution < 1.29 is 0 Å². The Bertz CT molecular complexity index is 619. The van der Waals surface area contributed by atoms with Crippen molar-refractivity contribution in [3.63, 3.8) is 0 Å². The first-order valence-corrected chi connectivity index (χ1v) is 7.68. The van der Waals surface area contributed by atoms with Gasteiger partial charge in [-0.25, -0.2) is 0 Å². The van der Waals surface area contributed by atoms with Gasteiger partial charge in [0.15, 0.2) is 0 Å². The Kier molecular flexibility index (Phi) is 2.71. The molecule has 0 radical (unpaired) electrons. The largest absolute Gasteiger partial charge is 0.295 e. The minimum atomic E-state index is 0.124. The Hall–Kier alpha value is -1.60. The number of rotatable bonds is 1. The zero-order valence-electron chi connectivity index (χ0n) is 12.0. The highest BCUT2D eigenvalue weighted by Crippen LogP contribution is 2.47. The highest BCUT2D eigenvalue weighted by Gasteiger charge is 2.42. The number of fused-ring (bicyclic) bond motifs is 3. The molecule has 1 nitrogen and oxygen atoms in total. The average molecular weight is 263 g/mol. The second kappa shape index (κ2) is 4.46. The Balaban J connectivity index is 1.91. The van der Waals surface area contributed by atoms with E-state index in [1.807, 2.05) is 0 Å². The Labute approximate surface area is 121 Å². The van der Waals surface area contributed by atoms with Gasteiger partial charge < -0.3 is 0 Å². The Morgan fingerprint density at radius 2 is 1.75 bits per heavy atom. The van der Waals surface area contributed by atoms with E-state index in [9.17, 15) is 0 Å². The van der Waals surface area contributed by atoms with E-state index in [1.165, 1.54) is 30.5 Å². The molecule has 0 aliphatic carbocycles. The van der Waals surface area contributed by atoms with Crippen LogP contribution < -0.4 is 0 Å². The van der Waals surface area contributed by atoms with E-state index in [-0.39, 0.29) is 5.41 Å². The SMILES string of the molecule is CC1(c2ccccc2)CN2CCCC2c2ccccc21. The highest BCUT2D eigenvalue weighted by molar-refractivity contribution is 5.47. The molecule has 0 saturated carbocycles. The molecule has 0 bridgehead atoms. The average Bonchev–Trinajstić information content (AvgIpc) is 2.97. The van der Waals surface area contributed by atoms with Crippen LogP contribution in [0.1, 0.15) is 42.5 Å². The van der Waals surface area contributed by atoms with Crippen molar-refractivity contribution in [1.29, 1.82) is 0 Å². The third-order valence-electron chi connectivity index (χ3n) is 5.21. The molecule has 4 rings (SSSR count). The molecule has 2 aliphatic heterocycles. The van der Waals surface area contributed by atoms with Crippen LogP contribution in [0.25, 0.3) is 0 Å². The molecule has 2 aromatic carbocycles. The van der Waals surface area contributed by atoms with Crippen LogP contribution in [0.15, 0.2) is 54.6 Å². The minimum absolute atomic E-state index is 0.124. The van der Waals surface area contributed by atoms with E-state index < -0.39 is 0 Å². The van der Waals surface area contributed by atoms with Gasteiger partial charge in [-0.15, -0.1) is 0 Å². The smallest absolute Gasteiger partial charge is 0.0352 e. The fraction of sp³-hybridized carbons (Fsp3) is 0.368. The van der Waals surface area contributed by atoms with Gasteiger partial charge in [-0.3, -0.25) is 4.90 Å². The zero-order valence-corrected chi connectivity index (χ0v) is 12.0. The van der Waals surface area contributed by atoms with Gasteiger partial charge in [0.1, 0.15) is 0 Å². The molecular weight excluding hydrogens is 242 g/mol. The predicted octanol–water partition coefficient (Wildman–Crippen LogP) is 4.14. The fourth-order valence-corrected chi connectivity index (χ4v) is 4.20. The molecule has 0 N–H and O–H groups in total. The quantitative estimate of drug-likeness (QED) is 0.747. The highest BCUT2D eigenvalue weighted by atomic mass is 15.2. The summed E-state index contributed by atoms with van der Waals surface area (Å²) in [6.07, 6.45) is 2.66. The van der Waals surface area contributed by atoms with Crippen molar-refractivity contribution in [1.82, 2.24) is 4.90 Å². The van der Waals surface area contributed by atoms with Crippen LogP contribution in [0.4, 0.5) is 0 Å². The van der Waals surface area contributed by atoms with Crippen LogP contribution in [-0.4, -0.2) is 18.0 Å². The topological polar surface area (TPSA) is 3.24 Å². The molecule has 0 aromatic heterocycles. The van der Waals surface area contributed by atoms with Crippen molar-refractivity contribution >= 4 is 0 Å². The van der Waals surface area contributed by atoms with Crippen LogP contribution in [0, 0.1) is 0 Å². The van der Waals surface area contributed by atoms with E-state index >= 15 is 0 Å². The summed E-state index contributed by atoms with van der Waals surface area (Å²) in [4.78, 5) is 2.69. The van der Waals surface area contributed by atoms with Gasteiger partial charge in [0.2, 0.25) is 0 Å². The predicted molar refractivity (Wildman–Crippen MR) is 82.9 cm³/mol. The molecule has 102 valence electrons. The zero-order chi connectivity index (χ0) is 13.6. The molecule has 1 heteroatoms. The summed E-state index contributed by atoms with van der Waals surface area (Å²) in [5.74, 6) is 0. The van der Waals surface area contributed by atoms with Crippen molar-refractivity contribution in [2.45, 2.75) is 31.2 Å². The second-order valence-electron chi connectivity index (χ2n) is 6.41. The molecule has 1 saturated heterocycles. The molecule has 0 spiro atoms. The number of hydrogen-bond donors (Lipinski definition) is 0. The van der Waals surface area contributed by atoms with E-state index in [0.29, 0.717) is 6.04 Å². The van der Waals surface area contributed by atoms with Crippen molar-refractivity contribution in [2.24, 2.45) is 0 Å². The lowest BCUT2D eigenvalue weighted by atomic mass is 9.70. The summed E-state index contributed by atoms with van der Waals surface area (Å²) < 4.78 is 0. The van der Waals surface area contributed by atoms with Crippen molar-refractivity contribution in [3.8, 4) is 0 Å². The van der Waals surface area contributed by atoms with Gasteiger partial charge >= 0.3 is 0 Å². The first-order valence-electron chi connectivity index (χ1n) is 7.68. The summed E-state index contributed by atoms with van der Waals surface area (Å²) in [5.41, 5.74) is 4.66. The molecule has 20 heavy (non-hydrogen) atoms. The monoisotopic (exact) mass is 263 g/mol. The van der Waals surface area contributed by atoms with Crippen molar-refractivity contribution in [3.05, 3.63) is 71.3 Å². The normalized spacial score (nSPS) is 28.9. The van der Waals surface area contributed by atoms with Crippen LogP contribution in [-0.2, 0) is 5.41 Å². The fourth-order valence-electron chi connectivity index (χ4n) is 4.20. The number of benzene rings is 2. The lowest BCUT2D eigenvalue weighted by molar-refractivity contribution is 0.194. The standard InChI is InChI=1S/C19H21N/c1-19(15-8-3-2-4-9-15)14-20-13-7-12-18(20)16-10-5-6-11-17(16)19/h2-6,8-11,18H,7,12-14H2,1H3. The van der Waals surface area contributed by atoms with Gasteiger partial charge in [-0.2, -0.15) is 0 Å². The van der Waals surface area contributed by atoms with Crippen molar-refractivity contribution in [2.75, 3.05) is 13.1 Å². The van der Waals surface area contributed by atoms with E-state index in [0.717, 1.165) is 6.54 Å². The van der Waals surface area contributed by atoms with E-state index in [4.69, 9.17) is 0 Å². The lowest BCUT2D eigenvalue weighted by Crippen LogP contribution is -2.44. The Morgan fingerprint density at radius 1 is 1.00 bits per heavy atom. The third kappa shape index (κ3) is 1.66. The summed E-state index contributed by atoms with van der Waals surface area (Å²) in [6, 6.07) is 20.8.